The Morgan fingerprint density at radius 2 is 1.68 bits per heavy atom. The molecule has 272 valence electrons. The lowest BCUT2D eigenvalue weighted by Crippen LogP contribution is -2.46. The van der Waals surface area contributed by atoms with E-state index >= 15 is 0 Å². The van der Waals surface area contributed by atoms with Crippen LogP contribution in [-0.2, 0) is 11.2 Å². The molecule has 3 unspecified atom stereocenters. The number of aryl methyl sites for hydroxylation is 1. The number of imidazole rings is 2. The second kappa shape index (κ2) is 15.2. The zero-order valence-electron chi connectivity index (χ0n) is 30.0. The molecule has 2 aromatic heterocycles. The van der Waals surface area contributed by atoms with Crippen molar-refractivity contribution in [3.8, 4) is 22.4 Å². The molecule has 4 aromatic carbocycles. The summed E-state index contributed by atoms with van der Waals surface area (Å²) >= 11 is 0. The van der Waals surface area contributed by atoms with Crippen LogP contribution in [0.5, 0.6) is 0 Å². The molecular formula is C42H46N8O3. The summed E-state index contributed by atoms with van der Waals surface area (Å²) in [5, 5.41) is 18.0. The van der Waals surface area contributed by atoms with Gasteiger partial charge in [0.15, 0.2) is 0 Å². The van der Waals surface area contributed by atoms with Gasteiger partial charge in [0.05, 0.1) is 35.1 Å². The van der Waals surface area contributed by atoms with Gasteiger partial charge < -0.3 is 30.6 Å². The predicted molar refractivity (Wildman–Crippen MR) is 207 cm³/mol. The molecule has 11 heteroatoms. The van der Waals surface area contributed by atoms with Crippen molar-refractivity contribution < 1.29 is 14.7 Å². The molecule has 2 aliphatic heterocycles. The minimum absolute atomic E-state index is 0.256. The zero-order chi connectivity index (χ0) is 36.3. The standard InChI is InChI=1S/C42H46N8O3/c1-49-20-7-10-37(49)40-46-34-17-16-31(24-35(34)47-40)29-12-13-30-23-32(15-14-28(30)22-29)36-25-44-38(45-36)11-5-6-19-43-41(52)39(27-8-3-2-4-9-27)48-42(53)50-21-18-33(51)26-50/h2-4,8-9,12-17,22-25,33,37,39,51H,5-7,10-11,18-21,26H2,1H3,(H,43,52)(H,44,45)(H,46,47)(H,48,53). The minimum atomic E-state index is -0.814. The normalized spacial score (nSPS) is 18.2. The average molecular weight is 711 g/mol. The van der Waals surface area contributed by atoms with Crippen LogP contribution in [0.25, 0.3) is 44.2 Å². The molecule has 0 radical (unpaired) electrons. The molecule has 6 aromatic rings. The van der Waals surface area contributed by atoms with Crippen molar-refractivity contribution in [2.45, 2.75) is 56.7 Å². The molecule has 3 amide bonds. The Morgan fingerprint density at radius 1 is 0.906 bits per heavy atom. The van der Waals surface area contributed by atoms with Crippen molar-refractivity contribution in [2.75, 3.05) is 33.2 Å². The highest BCUT2D eigenvalue weighted by molar-refractivity contribution is 5.92. The van der Waals surface area contributed by atoms with E-state index in [1.54, 1.807) is 4.90 Å². The number of nitrogens with one attached hydrogen (secondary N) is 4. The van der Waals surface area contributed by atoms with Gasteiger partial charge in [0.25, 0.3) is 0 Å². The van der Waals surface area contributed by atoms with E-state index in [4.69, 9.17) is 4.98 Å². The van der Waals surface area contributed by atoms with Gasteiger partial charge in [-0.3, -0.25) is 9.69 Å². The summed E-state index contributed by atoms with van der Waals surface area (Å²) < 4.78 is 0. The lowest BCUT2D eigenvalue weighted by Gasteiger charge is -2.23. The maximum atomic E-state index is 13.2. The number of hydrogen-bond donors (Lipinski definition) is 5. The molecule has 5 N–H and O–H groups in total. The molecule has 2 aliphatic rings. The van der Waals surface area contributed by atoms with Crippen LogP contribution >= 0.6 is 0 Å². The second-order valence-electron chi connectivity index (χ2n) is 14.4. The third-order valence-electron chi connectivity index (χ3n) is 10.7. The number of rotatable bonds is 11. The van der Waals surface area contributed by atoms with Crippen LogP contribution in [0.3, 0.4) is 0 Å². The third-order valence-corrected chi connectivity index (χ3v) is 10.7. The number of amides is 3. The maximum Gasteiger partial charge on any atom is 0.318 e. The molecule has 3 atom stereocenters. The van der Waals surface area contributed by atoms with Gasteiger partial charge in [-0.05, 0) is 97.4 Å². The number of aromatic nitrogens is 4. The summed E-state index contributed by atoms with van der Waals surface area (Å²) in [5.41, 5.74) is 7.18. The molecule has 2 fully saturated rings. The summed E-state index contributed by atoms with van der Waals surface area (Å²) in [7, 11) is 2.17. The Hall–Kier alpha value is -5.52. The summed E-state index contributed by atoms with van der Waals surface area (Å²) in [5.74, 6) is 1.71. The molecule has 0 saturated carbocycles. The number of H-pyrrole nitrogens is 2. The second-order valence-corrected chi connectivity index (χ2v) is 14.4. The average Bonchev–Trinajstić information content (AvgIpc) is 4.01. The summed E-state index contributed by atoms with van der Waals surface area (Å²) in [6.07, 6.45) is 6.61. The Bertz CT molecular complexity index is 2230. The van der Waals surface area contributed by atoms with Crippen molar-refractivity contribution in [1.82, 2.24) is 40.4 Å². The fourth-order valence-electron chi connectivity index (χ4n) is 7.67. The van der Waals surface area contributed by atoms with Crippen LogP contribution in [0.2, 0.25) is 0 Å². The van der Waals surface area contributed by atoms with Crippen molar-refractivity contribution in [3.63, 3.8) is 0 Å². The summed E-state index contributed by atoms with van der Waals surface area (Å²) in [6, 6.07) is 28.0. The Morgan fingerprint density at radius 3 is 2.45 bits per heavy atom. The minimum Gasteiger partial charge on any atom is -0.391 e. The number of urea groups is 1. The highest BCUT2D eigenvalue weighted by Crippen LogP contribution is 2.32. The Balaban J connectivity index is 0.853. The van der Waals surface area contributed by atoms with Gasteiger partial charge in [0, 0.05) is 31.6 Å². The SMILES string of the molecule is CN1CCCC1c1nc2ccc(-c3ccc4cc(-c5cnc(CCCCNC(=O)C(NC(=O)N6CCC(O)C6)c6ccccc6)[nH]5)ccc4c3)cc2[nH]1. The van der Waals surface area contributed by atoms with Gasteiger partial charge in [0.1, 0.15) is 17.7 Å². The number of benzene rings is 4. The van der Waals surface area contributed by atoms with E-state index in [0.717, 1.165) is 77.1 Å². The number of aromatic amines is 2. The largest absolute Gasteiger partial charge is 0.391 e. The number of β-amino-alcohol motifs (C(OH)–C–C–N with tert-alkyl or cyclic N) is 1. The number of hydrogen-bond acceptors (Lipinski definition) is 6. The summed E-state index contributed by atoms with van der Waals surface area (Å²) in [4.78, 5) is 46.6. The van der Waals surface area contributed by atoms with Gasteiger partial charge >= 0.3 is 6.03 Å². The molecular weight excluding hydrogens is 665 g/mol. The predicted octanol–water partition coefficient (Wildman–Crippen LogP) is 6.50. The monoisotopic (exact) mass is 710 g/mol. The number of carbonyl (C=O) groups excluding carboxylic acids is 2. The topological polar surface area (TPSA) is 142 Å². The first-order valence-corrected chi connectivity index (χ1v) is 18.7. The van der Waals surface area contributed by atoms with Crippen LogP contribution in [0, 0.1) is 0 Å². The number of likely N-dealkylation sites (tertiary alicyclic amines) is 2. The van der Waals surface area contributed by atoms with E-state index in [0.29, 0.717) is 31.1 Å². The molecule has 0 spiro atoms. The van der Waals surface area contributed by atoms with Crippen LogP contribution in [0.4, 0.5) is 4.79 Å². The first-order chi connectivity index (χ1) is 25.9. The molecule has 8 rings (SSSR count). The van der Waals surface area contributed by atoms with E-state index in [1.165, 1.54) is 17.4 Å². The third kappa shape index (κ3) is 7.67. The first kappa shape index (κ1) is 34.6. The lowest BCUT2D eigenvalue weighted by atomic mass is 9.99. The maximum absolute atomic E-state index is 13.2. The first-order valence-electron chi connectivity index (χ1n) is 18.7. The molecule has 11 nitrogen and oxygen atoms in total. The fourth-order valence-corrected chi connectivity index (χ4v) is 7.67. The fraction of sp³-hybridized carbons (Fsp3) is 0.333. The highest BCUT2D eigenvalue weighted by Gasteiger charge is 2.29. The number of fused-ring (bicyclic) bond motifs is 2. The number of aliphatic hydroxyl groups is 1. The number of aliphatic hydroxyl groups excluding tert-OH is 1. The van der Waals surface area contributed by atoms with E-state index in [2.05, 4.69) is 92.1 Å². The Kier molecular flexibility index (Phi) is 9.92. The lowest BCUT2D eigenvalue weighted by molar-refractivity contribution is -0.123. The molecule has 4 heterocycles. The van der Waals surface area contributed by atoms with Crippen molar-refractivity contribution in [2.24, 2.45) is 0 Å². The molecule has 0 bridgehead atoms. The van der Waals surface area contributed by atoms with Gasteiger partial charge in [-0.1, -0.05) is 60.7 Å². The van der Waals surface area contributed by atoms with E-state index in [9.17, 15) is 14.7 Å². The molecule has 53 heavy (non-hydrogen) atoms. The van der Waals surface area contributed by atoms with Crippen LogP contribution in [0.15, 0.2) is 91.1 Å². The van der Waals surface area contributed by atoms with Crippen LogP contribution in [0.1, 0.15) is 61.4 Å². The van der Waals surface area contributed by atoms with E-state index in [-0.39, 0.29) is 18.5 Å². The Labute approximate surface area is 308 Å². The van der Waals surface area contributed by atoms with Gasteiger partial charge in [0.2, 0.25) is 5.91 Å². The highest BCUT2D eigenvalue weighted by atomic mass is 16.3. The molecule has 2 saturated heterocycles. The number of carbonyl (C=O) groups is 2. The van der Waals surface area contributed by atoms with Gasteiger partial charge in [-0.25, -0.2) is 14.8 Å². The van der Waals surface area contributed by atoms with Crippen LogP contribution in [-0.4, -0.2) is 86.1 Å². The van der Waals surface area contributed by atoms with Crippen LogP contribution < -0.4 is 10.6 Å². The van der Waals surface area contributed by atoms with E-state index in [1.807, 2.05) is 36.5 Å². The zero-order valence-corrected chi connectivity index (χ0v) is 30.0. The van der Waals surface area contributed by atoms with Gasteiger partial charge in [-0.2, -0.15) is 0 Å². The summed E-state index contributed by atoms with van der Waals surface area (Å²) in [6.45, 7) is 2.34. The number of nitrogens with zero attached hydrogens (tertiary/aromatic N) is 4. The van der Waals surface area contributed by atoms with E-state index < -0.39 is 12.1 Å². The molecule has 0 aliphatic carbocycles. The van der Waals surface area contributed by atoms with Crippen molar-refractivity contribution in [3.05, 3.63) is 108 Å². The number of unbranched alkanes of at least 4 members (excludes halogenated alkanes) is 1. The van der Waals surface area contributed by atoms with Gasteiger partial charge in [-0.15, -0.1) is 0 Å². The van der Waals surface area contributed by atoms with Crippen molar-refractivity contribution >= 4 is 33.7 Å². The quantitative estimate of drug-likeness (QED) is 0.0973. The smallest absolute Gasteiger partial charge is 0.318 e. The van der Waals surface area contributed by atoms with Crippen molar-refractivity contribution in [1.29, 1.82) is 0 Å².